The molecule has 1 aliphatic heterocycles. The van der Waals surface area contributed by atoms with Crippen LogP contribution < -0.4 is 16.0 Å². The van der Waals surface area contributed by atoms with Crippen molar-refractivity contribution in [3.63, 3.8) is 0 Å². The molecular formula is C14H16ClFN4OS3. The molecule has 0 saturated carbocycles. The highest BCUT2D eigenvalue weighted by atomic mass is 35.5. The number of amides is 1. The van der Waals surface area contributed by atoms with Gasteiger partial charge >= 0.3 is 0 Å². The Kier molecular flexibility index (Phi) is 6.38. The number of nitrogens with one attached hydrogen (secondary N) is 1. The Hall–Kier alpha value is -1.00. The van der Waals surface area contributed by atoms with Crippen LogP contribution in [-0.2, 0) is 0 Å². The van der Waals surface area contributed by atoms with E-state index < -0.39 is 0 Å². The molecule has 3 N–H and O–H groups in total. The quantitative estimate of drug-likeness (QED) is 0.599. The molecule has 0 fully saturated rings. The van der Waals surface area contributed by atoms with Crippen molar-refractivity contribution in [3.8, 4) is 0 Å². The summed E-state index contributed by atoms with van der Waals surface area (Å²) in [7, 11) is 1.82. The van der Waals surface area contributed by atoms with Gasteiger partial charge in [-0.15, -0.1) is 23.7 Å². The molecule has 0 radical (unpaired) electrons. The maximum Gasteiger partial charge on any atom is 0.273 e. The van der Waals surface area contributed by atoms with E-state index in [9.17, 15) is 9.18 Å². The second kappa shape index (κ2) is 7.92. The molecule has 5 nitrogen and oxygen atoms in total. The topological polar surface area (TPSA) is 71.2 Å². The first kappa shape index (κ1) is 19.3. The minimum absolute atomic E-state index is 0. The minimum atomic E-state index is -0.291. The molecule has 24 heavy (non-hydrogen) atoms. The van der Waals surface area contributed by atoms with E-state index in [1.54, 1.807) is 11.4 Å². The van der Waals surface area contributed by atoms with Gasteiger partial charge in [-0.2, -0.15) is 0 Å². The van der Waals surface area contributed by atoms with Crippen molar-refractivity contribution >= 4 is 58.9 Å². The predicted molar refractivity (Wildman–Crippen MR) is 101 cm³/mol. The van der Waals surface area contributed by atoms with Crippen molar-refractivity contribution in [1.82, 2.24) is 10.3 Å². The molecule has 0 spiro atoms. The smallest absolute Gasteiger partial charge is 0.273 e. The van der Waals surface area contributed by atoms with Gasteiger partial charge in [0.05, 0.1) is 11.1 Å². The number of nitrogens with zero attached hydrogens (tertiary/aromatic N) is 2. The number of anilines is 1. The molecule has 1 aliphatic rings. The van der Waals surface area contributed by atoms with E-state index in [2.05, 4.69) is 10.3 Å². The van der Waals surface area contributed by atoms with Crippen LogP contribution in [0.3, 0.4) is 0 Å². The average Bonchev–Trinajstić information content (AvgIpc) is 3.05. The van der Waals surface area contributed by atoms with Gasteiger partial charge in [0.25, 0.3) is 5.91 Å². The molecule has 0 bridgehead atoms. The second-order valence-electron chi connectivity index (χ2n) is 4.99. The summed E-state index contributed by atoms with van der Waals surface area (Å²) in [5.74, 6) is -0.546. The SMILES string of the molecule is CC(N)Sc1nc(C(=O)NC2Sc3ccc(F)cc3N2C)cs1.Cl. The number of thioether (sulfide) groups is 2. The molecule has 2 heterocycles. The number of aromatic nitrogens is 1. The van der Waals surface area contributed by atoms with Crippen LogP contribution in [0.5, 0.6) is 0 Å². The molecule has 2 aromatic rings. The standard InChI is InChI=1S/C14H15FN4OS3.ClH/c1-7(16)22-14-17-9(6-21-14)12(20)18-13-19(2)10-5-8(15)3-4-11(10)23-13;/h3-7,13H,16H2,1-2H3,(H,18,20);1H. The summed E-state index contributed by atoms with van der Waals surface area (Å²) in [6.45, 7) is 1.87. The summed E-state index contributed by atoms with van der Waals surface area (Å²) < 4.78 is 14.1. The van der Waals surface area contributed by atoms with Gasteiger partial charge in [-0.05, 0) is 25.1 Å². The Morgan fingerprint density at radius 2 is 2.29 bits per heavy atom. The molecule has 1 aromatic heterocycles. The van der Waals surface area contributed by atoms with Crippen LogP contribution >= 0.6 is 47.3 Å². The first-order valence-corrected chi connectivity index (χ1v) is 9.45. The zero-order chi connectivity index (χ0) is 16.6. The minimum Gasteiger partial charge on any atom is -0.345 e. The normalized spacial score (nSPS) is 17.2. The molecule has 1 aromatic carbocycles. The Morgan fingerprint density at radius 3 is 3.00 bits per heavy atom. The lowest BCUT2D eigenvalue weighted by Gasteiger charge is -2.21. The van der Waals surface area contributed by atoms with E-state index in [0.29, 0.717) is 5.69 Å². The number of fused-ring (bicyclic) bond motifs is 1. The van der Waals surface area contributed by atoms with Crippen molar-refractivity contribution in [3.05, 3.63) is 35.1 Å². The number of carbonyl (C=O) groups is 1. The van der Waals surface area contributed by atoms with E-state index in [0.717, 1.165) is 14.9 Å². The van der Waals surface area contributed by atoms with Gasteiger partial charge in [-0.1, -0.05) is 23.5 Å². The lowest BCUT2D eigenvalue weighted by atomic mass is 10.3. The molecule has 2 atom stereocenters. The maximum absolute atomic E-state index is 13.4. The number of rotatable bonds is 4. The summed E-state index contributed by atoms with van der Waals surface area (Å²) >= 11 is 4.29. The highest BCUT2D eigenvalue weighted by Crippen LogP contribution is 2.41. The van der Waals surface area contributed by atoms with Crippen molar-refractivity contribution < 1.29 is 9.18 Å². The Morgan fingerprint density at radius 1 is 1.54 bits per heavy atom. The number of halogens is 2. The molecular weight excluding hydrogens is 391 g/mol. The van der Waals surface area contributed by atoms with Crippen LogP contribution in [0.1, 0.15) is 17.4 Å². The largest absolute Gasteiger partial charge is 0.345 e. The molecule has 10 heteroatoms. The molecule has 1 amide bonds. The number of thiazole rings is 1. The van der Waals surface area contributed by atoms with E-state index in [1.807, 2.05) is 18.9 Å². The number of benzene rings is 1. The fourth-order valence-electron chi connectivity index (χ4n) is 2.08. The van der Waals surface area contributed by atoms with Gasteiger partial charge in [0, 0.05) is 17.3 Å². The highest BCUT2D eigenvalue weighted by Gasteiger charge is 2.29. The average molecular weight is 407 g/mol. The first-order valence-electron chi connectivity index (χ1n) is 6.81. The number of carbonyl (C=O) groups excluding carboxylic acids is 1. The van der Waals surface area contributed by atoms with Crippen molar-refractivity contribution in [2.45, 2.75) is 27.0 Å². The van der Waals surface area contributed by atoms with Crippen LogP contribution in [0.2, 0.25) is 0 Å². The molecule has 130 valence electrons. The predicted octanol–water partition coefficient (Wildman–Crippen LogP) is 3.36. The fourth-order valence-corrected chi connectivity index (χ4v) is 5.04. The van der Waals surface area contributed by atoms with Crippen molar-refractivity contribution in [1.29, 1.82) is 0 Å². The Balaban J connectivity index is 0.00000208. The van der Waals surface area contributed by atoms with Crippen molar-refractivity contribution in [2.24, 2.45) is 5.73 Å². The van der Waals surface area contributed by atoms with Crippen molar-refractivity contribution in [2.75, 3.05) is 11.9 Å². The Labute approximate surface area is 158 Å². The zero-order valence-corrected chi connectivity index (χ0v) is 16.1. The van der Waals surface area contributed by atoms with Crippen LogP contribution in [0, 0.1) is 5.82 Å². The summed E-state index contributed by atoms with van der Waals surface area (Å²) in [4.78, 5) is 19.4. The third kappa shape index (κ3) is 4.15. The number of hydrogen-bond donors (Lipinski definition) is 2. The van der Waals surface area contributed by atoms with Gasteiger partial charge in [0.1, 0.15) is 11.5 Å². The third-order valence-electron chi connectivity index (χ3n) is 3.15. The van der Waals surface area contributed by atoms with E-state index >= 15 is 0 Å². The lowest BCUT2D eigenvalue weighted by molar-refractivity contribution is 0.0945. The van der Waals surface area contributed by atoms with Gasteiger partial charge in [-0.25, -0.2) is 9.37 Å². The van der Waals surface area contributed by atoms with Gasteiger partial charge in [-0.3, -0.25) is 4.79 Å². The van der Waals surface area contributed by atoms with Crippen LogP contribution in [0.15, 0.2) is 32.8 Å². The number of hydrogen-bond acceptors (Lipinski definition) is 7. The summed E-state index contributed by atoms with van der Waals surface area (Å²) in [6.07, 6.45) is 0. The monoisotopic (exact) mass is 406 g/mol. The van der Waals surface area contributed by atoms with E-state index in [-0.39, 0.29) is 35.0 Å². The summed E-state index contributed by atoms with van der Waals surface area (Å²) in [5.41, 5.74) is 6.56. The highest BCUT2D eigenvalue weighted by molar-refractivity contribution is 8.01. The summed E-state index contributed by atoms with van der Waals surface area (Å²) in [5, 5.41) is 4.55. The molecule has 0 aliphatic carbocycles. The van der Waals surface area contributed by atoms with Gasteiger partial charge in [0.15, 0.2) is 9.84 Å². The lowest BCUT2D eigenvalue weighted by Crippen LogP contribution is -2.42. The molecule has 0 saturated heterocycles. The number of nitrogens with two attached hydrogens (primary N) is 1. The Bertz CT molecular complexity index is 743. The van der Waals surface area contributed by atoms with Crippen LogP contribution in [0.25, 0.3) is 0 Å². The van der Waals surface area contributed by atoms with Crippen LogP contribution in [-0.4, -0.2) is 28.8 Å². The second-order valence-corrected chi connectivity index (χ2v) is 8.59. The van der Waals surface area contributed by atoms with E-state index in [1.165, 1.54) is 47.0 Å². The third-order valence-corrected chi connectivity index (χ3v) is 6.28. The molecule has 2 unspecified atom stereocenters. The van der Waals surface area contributed by atoms with Crippen LogP contribution in [0.4, 0.5) is 10.1 Å². The van der Waals surface area contributed by atoms with Gasteiger partial charge < -0.3 is 16.0 Å². The zero-order valence-electron chi connectivity index (χ0n) is 12.9. The first-order chi connectivity index (χ1) is 10.9. The summed E-state index contributed by atoms with van der Waals surface area (Å²) in [6, 6.07) is 4.61. The molecule has 3 rings (SSSR count). The maximum atomic E-state index is 13.4. The fraction of sp³-hybridized carbons (Fsp3) is 0.286. The van der Waals surface area contributed by atoms with Gasteiger partial charge in [0.2, 0.25) is 0 Å². The van der Waals surface area contributed by atoms with E-state index in [4.69, 9.17) is 5.73 Å².